The fraction of sp³-hybridized carbons (Fsp3) is 1.00. The van der Waals surface area contributed by atoms with E-state index in [4.69, 9.17) is 0 Å². The van der Waals surface area contributed by atoms with Crippen molar-refractivity contribution in [2.75, 3.05) is 45.8 Å². The highest BCUT2D eigenvalue weighted by Crippen LogP contribution is 2.31. The second-order valence-electron chi connectivity index (χ2n) is 6.70. The fourth-order valence-corrected chi connectivity index (χ4v) is 3.58. The van der Waals surface area contributed by atoms with Gasteiger partial charge in [0.2, 0.25) is 0 Å². The lowest BCUT2D eigenvalue weighted by Gasteiger charge is -2.20. The summed E-state index contributed by atoms with van der Waals surface area (Å²) in [6.07, 6.45) is 6.60. The van der Waals surface area contributed by atoms with Crippen LogP contribution in [0.1, 0.15) is 32.1 Å². The third kappa shape index (κ3) is 4.15. The molecule has 4 nitrogen and oxygen atoms in total. The van der Waals surface area contributed by atoms with E-state index < -0.39 is 0 Å². The molecule has 3 fully saturated rings. The Hall–Kier alpha value is -0.160. The third-order valence-electron chi connectivity index (χ3n) is 4.86. The molecular weight excluding hydrogens is 238 g/mol. The molecule has 19 heavy (non-hydrogen) atoms. The van der Waals surface area contributed by atoms with E-state index >= 15 is 0 Å². The number of hydrogen-bond acceptors (Lipinski definition) is 4. The van der Waals surface area contributed by atoms with E-state index in [2.05, 4.69) is 15.1 Å². The lowest BCUT2D eigenvalue weighted by atomic mass is 10.1. The van der Waals surface area contributed by atoms with E-state index in [0.717, 1.165) is 31.6 Å². The van der Waals surface area contributed by atoms with Crippen molar-refractivity contribution >= 4 is 0 Å². The molecule has 2 saturated heterocycles. The molecule has 0 aromatic rings. The Bertz CT molecular complexity index is 277. The van der Waals surface area contributed by atoms with E-state index in [9.17, 15) is 5.11 Å². The van der Waals surface area contributed by atoms with Crippen LogP contribution in [0.3, 0.4) is 0 Å². The highest BCUT2D eigenvalue weighted by Gasteiger charge is 2.34. The van der Waals surface area contributed by atoms with E-state index in [1.54, 1.807) is 0 Å². The smallest absolute Gasteiger partial charge is 0.0791 e. The van der Waals surface area contributed by atoms with E-state index in [1.807, 2.05) is 0 Å². The molecule has 0 aromatic carbocycles. The van der Waals surface area contributed by atoms with Crippen LogP contribution >= 0.6 is 0 Å². The first-order valence-corrected chi connectivity index (χ1v) is 8.16. The number of rotatable bonds is 7. The summed E-state index contributed by atoms with van der Waals surface area (Å²) in [6, 6.07) is 0.922. The molecule has 2 heterocycles. The maximum absolute atomic E-state index is 10.0. The van der Waals surface area contributed by atoms with Crippen molar-refractivity contribution in [3.63, 3.8) is 0 Å². The molecule has 3 rings (SSSR count). The Morgan fingerprint density at radius 2 is 1.89 bits per heavy atom. The van der Waals surface area contributed by atoms with Crippen molar-refractivity contribution in [3.8, 4) is 0 Å². The summed E-state index contributed by atoms with van der Waals surface area (Å²) < 4.78 is 0. The predicted molar refractivity (Wildman–Crippen MR) is 77.3 cm³/mol. The van der Waals surface area contributed by atoms with Crippen molar-refractivity contribution in [3.05, 3.63) is 0 Å². The molecule has 1 saturated carbocycles. The topological polar surface area (TPSA) is 38.7 Å². The van der Waals surface area contributed by atoms with Gasteiger partial charge in [-0.3, -0.25) is 0 Å². The van der Waals surface area contributed by atoms with Crippen molar-refractivity contribution in [1.82, 2.24) is 15.1 Å². The molecule has 0 amide bonds. The van der Waals surface area contributed by atoms with Gasteiger partial charge in [-0.1, -0.05) is 0 Å². The van der Waals surface area contributed by atoms with E-state index in [-0.39, 0.29) is 6.10 Å². The zero-order chi connectivity index (χ0) is 13.1. The number of aliphatic hydroxyl groups excluding tert-OH is 1. The SMILES string of the molecule is OC(CNCC1CCN(C2CC2)C1)CN1CCCC1. The van der Waals surface area contributed by atoms with Crippen LogP contribution in [-0.2, 0) is 0 Å². The highest BCUT2D eigenvalue weighted by molar-refractivity contribution is 4.90. The molecule has 0 bridgehead atoms. The Balaban J connectivity index is 1.25. The van der Waals surface area contributed by atoms with Crippen LogP contribution in [0.15, 0.2) is 0 Å². The third-order valence-corrected chi connectivity index (χ3v) is 4.86. The van der Waals surface area contributed by atoms with Gasteiger partial charge in [0.05, 0.1) is 6.10 Å². The van der Waals surface area contributed by atoms with E-state index in [1.165, 1.54) is 58.3 Å². The molecule has 2 N–H and O–H groups in total. The molecule has 0 spiro atoms. The quantitative estimate of drug-likeness (QED) is 0.705. The largest absolute Gasteiger partial charge is 0.390 e. The van der Waals surface area contributed by atoms with Crippen LogP contribution in [-0.4, -0.2) is 72.9 Å². The Morgan fingerprint density at radius 3 is 2.63 bits per heavy atom. The predicted octanol–water partition coefficient (Wildman–Crippen LogP) is 0.517. The maximum atomic E-state index is 10.0. The van der Waals surface area contributed by atoms with Gasteiger partial charge in [-0.2, -0.15) is 0 Å². The van der Waals surface area contributed by atoms with Crippen LogP contribution in [0.4, 0.5) is 0 Å². The van der Waals surface area contributed by atoms with Gasteiger partial charge >= 0.3 is 0 Å². The molecule has 2 aliphatic heterocycles. The van der Waals surface area contributed by atoms with Crippen molar-refractivity contribution in [2.45, 2.75) is 44.2 Å². The number of β-amino-alcohol motifs (C(OH)–C–C–N with tert-alkyl or cyclic N) is 1. The van der Waals surface area contributed by atoms with Gasteiger partial charge in [0.1, 0.15) is 0 Å². The van der Waals surface area contributed by atoms with Gasteiger partial charge in [0.15, 0.2) is 0 Å². The van der Waals surface area contributed by atoms with Crippen LogP contribution in [0.25, 0.3) is 0 Å². The van der Waals surface area contributed by atoms with Gasteiger partial charge in [-0.25, -0.2) is 0 Å². The minimum absolute atomic E-state index is 0.195. The molecule has 4 heteroatoms. The first kappa shape index (κ1) is 13.8. The lowest BCUT2D eigenvalue weighted by molar-refractivity contribution is 0.122. The summed E-state index contributed by atoms with van der Waals surface area (Å²) in [6.45, 7) is 7.63. The Kier molecular flexibility index (Phi) is 4.74. The molecule has 110 valence electrons. The number of hydrogen-bond donors (Lipinski definition) is 2. The van der Waals surface area contributed by atoms with Gasteiger partial charge in [0, 0.05) is 25.7 Å². The van der Waals surface area contributed by atoms with Crippen molar-refractivity contribution in [2.24, 2.45) is 5.92 Å². The average molecular weight is 267 g/mol. The molecule has 0 aromatic heterocycles. The summed E-state index contributed by atoms with van der Waals surface area (Å²) >= 11 is 0. The summed E-state index contributed by atoms with van der Waals surface area (Å²) in [5.74, 6) is 0.805. The van der Waals surface area contributed by atoms with E-state index in [0.29, 0.717) is 0 Å². The fourth-order valence-electron chi connectivity index (χ4n) is 3.58. The Morgan fingerprint density at radius 1 is 1.11 bits per heavy atom. The zero-order valence-corrected chi connectivity index (χ0v) is 12.1. The lowest BCUT2D eigenvalue weighted by Crippen LogP contribution is -2.38. The molecule has 2 unspecified atom stereocenters. The molecule has 0 radical (unpaired) electrons. The standard InChI is InChI=1S/C15H29N3O/c19-15(12-17-6-1-2-7-17)10-16-9-13-5-8-18(11-13)14-3-4-14/h13-16,19H,1-12H2. The van der Waals surface area contributed by atoms with Crippen molar-refractivity contribution < 1.29 is 5.11 Å². The number of likely N-dealkylation sites (tertiary alicyclic amines) is 2. The summed E-state index contributed by atoms with van der Waals surface area (Å²) in [5.41, 5.74) is 0. The van der Waals surface area contributed by atoms with Crippen LogP contribution in [0, 0.1) is 5.92 Å². The number of nitrogens with zero attached hydrogens (tertiary/aromatic N) is 2. The van der Waals surface area contributed by atoms with Gasteiger partial charge in [0.25, 0.3) is 0 Å². The molecule has 3 aliphatic rings. The molecular formula is C15H29N3O. The molecule has 2 atom stereocenters. The van der Waals surface area contributed by atoms with Crippen molar-refractivity contribution in [1.29, 1.82) is 0 Å². The van der Waals surface area contributed by atoms with Crippen LogP contribution in [0.2, 0.25) is 0 Å². The minimum atomic E-state index is -0.195. The second-order valence-corrected chi connectivity index (χ2v) is 6.70. The minimum Gasteiger partial charge on any atom is -0.390 e. The first-order valence-electron chi connectivity index (χ1n) is 8.16. The van der Waals surface area contributed by atoms with Gasteiger partial charge < -0.3 is 20.2 Å². The van der Waals surface area contributed by atoms with Gasteiger partial charge in [-0.05, 0) is 64.2 Å². The number of aliphatic hydroxyl groups is 1. The molecule has 1 aliphatic carbocycles. The van der Waals surface area contributed by atoms with Crippen LogP contribution < -0.4 is 5.32 Å². The second kappa shape index (κ2) is 6.53. The number of nitrogens with one attached hydrogen (secondary N) is 1. The highest BCUT2D eigenvalue weighted by atomic mass is 16.3. The maximum Gasteiger partial charge on any atom is 0.0791 e. The summed E-state index contributed by atoms with van der Waals surface area (Å²) in [5, 5.41) is 13.5. The van der Waals surface area contributed by atoms with Gasteiger partial charge in [-0.15, -0.1) is 0 Å². The monoisotopic (exact) mass is 267 g/mol. The first-order chi connectivity index (χ1) is 9.31. The summed E-state index contributed by atoms with van der Waals surface area (Å²) in [7, 11) is 0. The zero-order valence-electron chi connectivity index (χ0n) is 12.1. The average Bonchev–Trinajstić information content (AvgIpc) is 2.92. The normalized spacial score (nSPS) is 31.1. The Labute approximate surface area is 117 Å². The summed E-state index contributed by atoms with van der Waals surface area (Å²) in [4.78, 5) is 5.05. The van der Waals surface area contributed by atoms with Crippen LogP contribution in [0.5, 0.6) is 0 Å².